The Morgan fingerprint density at radius 3 is 2.80 bits per heavy atom. The number of aryl methyl sites for hydroxylation is 2. The van der Waals surface area contributed by atoms with Gasteiger partial charge in [0.05, 0.1) is 11.5 Å². The number of carbonyl (C=O) groups excluding carboxylic acids is 1. The van der Waals surface area contributed by atoms with E-state index in [2.05, 4.69) is 10.3 Å². The van der Waals surface area contributed by atoms with E-state index in [4.69, 9.17) is 0 Å². The van der Waals surface area contributed by atoms with Gasteiger partial charge in [-0.05, 0) is 19.9 Å². The van der Waals surface area contributed by atoms with Crippen LogP contribution in [-0.4, -0.2) is 15.8 Å². The van der Waals surface area contributed by atoms with Gasteiger partial charge < -0.3 is 5.32 Å². The maximum Gasteiger partial charge on any atom is 0.285 e. The Bertz CT molecular complexity index is 667. The molecule has 2 aromatic rings. The molecule has 6 nitrogen and oxygen atoms in total. The summed E-state index contributed by atoms with van der Waals surface area (Å²) in [4.78, 5) is 26.8. The first-order valence-corrected chi connectivity index (χ1v) is 6.80. The number of thiazole rings is 1. The minimum Gasteiger partial charge on any atom is -0.345 e. The maximum absolute atomic E-state index is 12.1. The molecular formula is C13H13N3O3S. The topological polar surface area (TPSA) is 85.1 Å². The third kappa shape index (κ3) is 3.00. The fourth-order valence-corrected chi connectivity index (χ4v) is 2.53. The van der Waals surface area contributed by atoms with Crippen molar-refractivity contribution in [2.45, 2.75) is 20.4 Å². The highest BCUT2D eigenvalue weighted by atomic mass is 32.1. The van der Waals surface area contributed by atoms with Crippen molar-refractivity contribution < 1.29 is 9.72 Å². The Morgan fingerprint density at radius 2 is 2.20 bits per heavy atom. The molecule has 7 heteroatoms. The molecule has 0 aliphatic heterocycles. The van der Waals surface area contributed by atoms with Gasteiger partial charge in [0.25, 0.3) is 11.6 Å². The summed E-state index contributed by atoms with van der Waals surface area (Å²) in [5, 5.41) is 16.4. The summed E-state index contributed by atoms with van der Waals surface area (Å²) in [6.07, 6.45) is 0. The van der Waals surface area contributed by atoms with E-state index in [1.165, 1.54) is 17.4 Å². The second kappa shape index (κ2) is 5.79. The van der Waals surface area contributed by atoms with E-state index >= 15 is 0 Å². The van der Waals surface area contributed by atoms with Crippen LogP contribution >= 0.6 is 11.3 Å². The number of aromatic nitrogens is 1. The number of para-hydroxylation sites is 1. The van der Waals surface area contributed by atoms with Gasteiger partial charge in [-0.2, -0.15) is 0 Å². The van der Waals surface area contributed by atoms with Gasteiger partial charge in [0.15, 0.2) is 0 Å². The molecule has 1 aromatic carbocycles. The van der Waals surface area contributed by atoms with Crippen molar-refractivity contribution in [3.05, 3.63) is 55.5 Å². The molecule has 20 heavy (non-hydrogen) atoms. The Hall–Kier alpha value is -2.28. The van der Waals surface area contributed by atoms with E-state index in [1.807, 2.05) is 12.3 Å². The minimum absolute atomic E-state index is 0.0725. The zero-order valence-electron chi connectivity index (χ0n) is 11.0. The SMILES string of the molecule is Cc1csc(CNC(=O)c2cccc(C)c2[N+](=O)[O-])n1. The van der Waals surface area contributed by atoms with Crippen molar-refractivity contribution in [3.8, 4) is 0 Å². The number of carbonyl (C=O) groups is 1. The van der Waals surface area contributed by atoms with Crippen LogP contribution < -0.4 is 5.32 Å². The smallest absolute Gasteiger partial charge is 0.285 e. The predicted octanol–water partition coefficient (Wildman–Crippen LogP) is 2.60. The minimum atomic E-state index is -0.530. The van der Waals surface area contributed by atoms with Crippen molar-refractivity contribution >= 4 is 22.9 Å². The van der Waals surface area contributed by atoms with E-state index in [0.29, 0.717) is 5.56 Å². The summed E-state index contributed by atoms with van der Waals surface area (Å²) in [5.74, 6) is -0.465. The molecule has 1 amide bonds. The van der Waals surface area contributed by atoms with Crippen LogP contribution in [0.2, 0.25) is 0 Å². The Balaban J connectivity index is 2.17. The molecule has 0 aliphatic rings. The molecule has 0 fully saturated rings. The van der Waals surface area contributed by atoms with Crippen molar-refractivity contribution in [3.63, 3.8) is 0 Å². The summed E-state index contributed by atoms with van der Waals surface area (Å²) >= 11 is 1.44. The molecule has 1 heterocycles. The van der Waals surface area contributed by atoms with E-state index in [1.54, 1.807) is 19.1 Å². The molecule has 0 atom stereocenters. The van der Waals surface area contributed by atoms with Gasteiger partial charge in [0.2, 0.25) is 0 Å². The Kier molecular flexibility index (Phi) is 4.09. The second-order valence-corrected chi connectivity index (χ2v) is 5.24. The van der Waals surface area contributed by atoms with Gasteiger partial charge in [0.1, 0.15) is 10.6 Å². The van der Waals surface area contributed by atoms with Crippen LogP contribution in [0.25, 0.3) is 0 Å². The highest BCUT2D eigenvalue weighted by Crippen LogP contribution is 2.23. The van der Waals surface area contributed by atoms with Crippen LogP contribution in [0.5, 0.6) is 0 Å². The van der Waals surface area contributed by atoms with Gasteiger partial charge in [-0.3, -0.25) is 14.9 Å². The lowest BCUT2D eigenvalue weighted by atomic mass is 10.1. The number of nitro groups is 1. The highest BCUT2D eigenvalue weighted by Gasteiger charge is 2.22. The van der Waals surface area contributed by atoms with E-state index in [-0.39, 0.29) is 17.8 Å². The number of nitrogens with one attached hydrogen (secondary N) is 1. The van der Waals surface area contributed by atoms with Crippen molar-refractivity contribution in [2.75, 3.05) is 0 Å². The zero-order valence-corrected chi connectivity index (χ0v) is 11.9. The summed E-state index contributed by atoms with van der Waals surface area (Å²) in [6, 6.07) is 4.69. The molecule has 0 unspecified atom stereocenters. The Morgan fingerprint density at radius 1 is 1.45 bits per heavy atom. The summed E-state index contributed by atoms with van der Waals surface area (Å²) < 4.78 is 0. The number of amides is 1. The van der Waals surface area contributed by atoms with Crippen LogP contribution in [0.4, 0.5) is 5.69 Å². The molecule has 104 valence electrons. The number of nitro benzene ring substituents is 1. The molecule has 1 aromatic heterocycles. The zero-order chi connectivity index (χ0) is 14.7. The fourth-order valence-electron chi connectivity index (χ4n) is 1.82. The summed E-state index contributed by atoms with van der Waals surface area (Å²) in [7, 11) is 0. The van der Waals surface area contributed by atoms with E-state index in [0.717, 1.165) is 10.7 Å². The van der Waals surface area contributed by atoms with Gasteiger partial charge >= 0.3 is 0 Å². The molecule has 0 radical (unpaired) electrons. The molecule has 0 spiro atoms. The fraction of sp³-hybridized carbons (Fsp3) is 0.231. The Labute approximate surface area is 119 Å². The number of benzene rings is 1. The largest absolute Gasteiger partial charge is 0.345 e. The van der Waals surface area contributed by atoms with Gasteiger partial charge in [-0.25, -0.2) is 4.98 Å². The second-order valence-electron chi connectivity index (χ2n) is 4.29. The number of nitrogens with zero attached hydrogens (tertiary/aromatic N) is 2. The number of hydrogen-bond acceptors (Lipinski definition) is 5. The van der Waals surface area contributed by atoms with Gasteiger partial charge in [-0.1, -0.05) is 12.1 Å². The first kappa shape index (κ1) is 14.1. The quantitative estimate of drug-likeness (QED) is 0.693. The molecule has 0 bridgehead atoms. The summed E-state index contributed by atoms with van der Waals surface area (Å²) in [6.45, 7) is 3.74. The lowest BCUT2D eigenvalue weighted by Gasteiger charge is -2.05. The van der Waals surface area contributed by atoms with Gasteiger partial charge in [0, 0.05) is 16.6 Å². The third-order valence-electron chi connectivity index (χ3n) is 2.73. The van der Waals surface area contributed by atoms with Gasteiger partial charge in [-0.15, -0.1) is 11.3 Å². The molecule has 0 aliphatic carbocycles. The predicted molar refractivity (Wildman–Crippen MR) is 75.9 cm³/mol. The maximum atomic E-state index is 12.1. The number of rotatable bonds is 4. The monoisotopic (exact) mass is 291 g/mol. The normalized spacial score (nSPS) is 10.3. The van der Waals surface area contributed by atoms with Crippen molar-refractivity contribution in [1.29, 1.82) is 0 Å². The first-order valence-electron chi connectivity index (χ1n) is 5.92. The van der Waals surface area contributed by atoms with Crippen molar-refractivity contribution in [2.24, 2.45) is 0 Å². The first-order chi connectivity index (χ1) is 9.49. The van der Waals surface area contributed by atoms with Crippen molar-refractivity contribution in [1.82, 2.24) is 10.3 Å². The average Bonchev–Trinajstić information content (AvgIpc) is 2.81. The lowest BCUT2D eigenvalue weighted by molar-refractivity contribution is -0.385. The summed E-state index contributed by atoms with van der Waals surface area (Å²) in [5.41, 5.74) is 1.28. The van der Waals surface area contributed by atoms with Crippen LogP contribution in [-0.2, 0) is 6.54 Å². The van der Waals surface area contributed by atoms with E-state index in [9.17, 15) is 14.9 Å². The molecule has 2 rings (SSSR count). The standard InChI is InChI=1S/C13H13N3O3S/c1-8-4-3-5-10(12(8)16(18)19)13(17)14-6-11-15-9(2)7-20-11/h3-5,7H,6H2,1-2H3,(H,14,17). The van der Waals surface area contributed by atoms with Crippen LogP contribution in [0.1, 0.15) is 26.6 Å². The number of hydrogen-bond donors (Lipinski definition) is 1. The molecule has 1 N–H and O–H groups in total. The van der Waals surface area contributed by atoms with E-state index < -0.39 is 10.8 Å². The highest BCUT2D eigenvalue weighted by molar-refractivity contribution is 7.09. The van der Waals surface area contributed by atoms with Crippen LogP contribution in [0.15, 0.2) is 23.6 Å². The molecule has 0 saturated heterocycles. The molecular weight excluding hydrogens is 278 g/mol. The third-order valence-corrected chi connectivity index (χ3v) is 3.70. The van der Waals surface area contributed by atoms with Crippen LogP contribution in [0.3, 0.4) is 0 Å². The average molecular weight is 291 g/mol. The molecule has 0 saturated carbocycles. The van der Waals surface area contributed by atoms with Crippen LogP contribution in [0, 0.1) is 24.0 Å². The lowest BCUT2D eigenvalue weighted by Crippen LogP contribution is -2.23.